The number of hydrogen-bond donors (Lipinski definition) is 2. The van der Waals surface area contributed by atoms with Gasteiger partial charge in [0, 0.05) is 48.2 Å². The number of rotatable bonds is 2. The summed E-state index contributed by atoms with van der Waals surface area (Å²) in [5.74, 6) is 0. The topological polar surface area (TPSA) is 31.6 Å². The van der Waals surface area contributed by atoms with E-state index in [9.17, 15) is 0 Å². The number of H-pyrrole nitrogens is 2. The molecule has 5 aromatic carbocycles. The van der Waals surface area contributed by atoms with Crippen LogP contribution in [-0.4, -0.2) is 9.97 Å². The summed E-state index contributed by atoms with van der Waals surface area (Å²) >= 11 is 3.78. The fraction of sp³-hybridized carbons (Fsp3) is 0. The van der Waals surface area contributed by atoms with Crippen LogP contribution in [0.2, 0.25) is 0 Å². The minimum Gasteiger partial charge on any atom is -0.354 e. The van der Waals surface area contributed by atoms with Gasteiger partial charge in [-0.05, 0) is 41.5 Å². The molecule has 0 amide bonds. The van der Waals surface area contributed by atoms with Crippen LogP contribution in [0.5, 0.6) is 0 Å². The molecule has 2 heterocycles. The van der Waals surface area contributed by atoms with Gasteiger partial charge in [-0.3, -0.25) is 0 Å². The Labute approximate surface area is 199 Å². The molecule has 0 bridgehead atoms. The number of aromatic amines is 2. The van der Waals surface area contributed by atoms with Gasteiger partial charge < -0.3 is 9.97 Å². The molecule has 2 N–H and O–H groups in total. The smallest absolute Gasteiger partial charge is 0.0544 e. The molecule has 2 nitrogen and oxygen atoms in total. The van der Waals surface area contributed by atoms with Gasteiger partial charge in [0.2, 0.25) is 0 Å². The highest BCUT2D eigenvalue weighted by molar-refractivity contribution is 9.10. The minimum atomic E-state index is 1.07. The Morgan fingerprint density at radius 1 is 0.455 bits per heavy atom. The van der Waals surface area contributed by atoms with Crippen LogP contribution in [0, 0.1) is 0 Å². The van der Waals surface area contributed by atoms with Crippen LogP contribution in [0.4, 0.5) is 0 Å². The number of halogens is 1. The molecular formula is C30H19BrN2. The normalized spacial score (nSPS) is 11.8. The highest BCUT2D eigenvalue weighted by atomic mass is 79.9. The first kappa shape index (κ1) is 18.7. The van der Waals surface area contributed by atoms with Crippen LogP contribution in [0.3, 0.4) is 0 Å². The average Bonchev–Trinajstić information content (AvgIpc) is 3.42. The lowest BCUT2D eigenvalue weighted by molar-refractivity contribution is 1.51. The van der Waals surface area contributed by atoms with Gasteiger partial charge in [0.25, 0.3) is 0 Å². The fourth-order valence-electron chi connectivity index (χ4n) is 5.13. The standard InChI is InChI=1S/C30H19BrN2/c31-20-16-18(21-9-5-11-25-23-7-1-3-13-27(23)32-29(21)25)15-19(17-20)22-10-6-12-26-24-8-2-4-14-28(24)33-30(22)26/h1-17,32-33H. The first-order chi connectivity index (χ1) is 16.3. The van der Waals surface area contributed by atoms with Crippen molar-refractivity contribution in [1.29, 1.82) is 0 Å². The number of benzene rings is 5. The van der Waals surface area contributed by atoms with Gasteiger partial charge >= 0.3 is 0 Å². The van der Waals surface area contributed by atoms with Crippen molar-refractivity contribution < 1.29 is 0 Å². The van der Waals surface area contributed by atoms with Crippen LogP contribution in [0.25, 0.3) is 65.9 Å². The molecule has 2 aromatic heterocycles. The lowest BCUT2D eigenvalue weighted by atomic mass is 9.96. The molecular weight excluding hydrogens is 468 g/mol. The van der Waals surface area contributed by atoms with Crippen molar-refractivity contribution in [3.8, 4) is 22.3 Å². The Balaban J connectivity index is 1.48. The molecule has 7 aromatic rings. The van der Waals surface area contributed by atoms with Crippen molar-refractivity contribution in [2.45, 2.75) is 0 Å². The largest absolute Gasteiger partial charge is 0.354 e. The van der Waals surface area contributed by atoms with E-state index < -0.39 is 0 Å². The Kier molecular flexibility index (Phi) is 4.02. The minimum absolute atomic E-state index is 1.07. The first-order valence-corrected chi connectivity index (χ1v) is 11.9. The molecule has 0 aliphatic heterocycles. The van der Waals surface area contributed by atoms with E-state index in [2.05, 4.69) is 129 Å². The predicted octanol–water partition coefficient (Wildman–Crippen LogP) is 9.05. The van der Waals surface area contributed by atoms with Crippen molar-refractivity contribution in [3.05, 3.63) is 108 Å². The molecule has 156 valence electrons. The summed E-state index contributed by atoms with van der Waals surface area (Å²) in [6, 6.07) is 36.8. The van der Waals surface area contributed by atoms with Gasteiger partial charge in [0.05, 0.1) is 11.0 Å². The number of para-hydroxylation sites is 4. The van der Waals surface area contributed by atoms with Gasteiger partial charge in [-0.1, -0.05) is 88.7 Å². The summed E-state index contributed by atoms with van der Waals surface area (Å²) in [5.41, 5.74) is 9.45. The van der Waals surface area contributed by atoms with Crippen molar-refractivity contribution >= 4 is 59.5 Å². The van der Waals surface area contributed by atoms with Crippen molar-refractivity contribution in [3.63, 3.8) is 0 Å². The molecule has 0 unspecified atom stereocenters. The molecule has 0 saturated heterocycles. The van der Waals surface area contributed by atoms with E-state index in [4.69, 9.17) is 0 Å². The molecule has 0 fully saturated rings. The van der Waals surface area contributed by atoms with Crippen molar-refractivity contribution in [2.24, 2.45) is 0 Å². The molecule has 0 aliphatic rings. The maximum Gasteiger partial charge on any atom is 0.0544 e. The second kappa shape index (κ2) is 7.09. The molecule has 0 radical (unpaired) electrons. The Morgan fingerprint density at radius 3 is 1.42 bits per heavy atom. The highest BCUT2D eigenvalue weighted by Gasteiger charge is 2.14. The van der Waals surface area contributed by atoms with E-state index in [0.717, 1.165) is 15.5 Å². The van der Waals surface area contributed by atoms with Crippen molar-refractivity contribution in [2.75, 3.05) is 0 Å². The molecule has 3 heteroatoms. The van der Waals surface area contributed by atoms with E-state index in [1.54, 1.807) is 0 Å². The fourth-order valence-corrected chi connectivity index (χ4v) is 5.62. The van der Waals surface area contributed by atoms with Crippen LogP contribution in [0.1, 0.15) is 0 Å². The average molecular weight is 487 g/mol. The monoisotopic (exact) mass is 486 g/mol. The summed E-state index contributed by atoms with van der Waals surface area (Å²) in [6.07, 6.45) is 0. The van der Waals surface area contributed by atoms with E-state index in [-0.39, 0.29) is 0 Å². The SMILES string of the molecule is Brc1cc(-c2cccc3c2[nH]c2ccccc23)cc(-c2cccc3c2[nH]c2ccccc23)c1. The Hall–Kier alpha value is -3.82. The van der Waals surface area contributed by atoms with Gasteiger partial charge in [0.1, 0.15) is 0 Å². The zero-order chi connectivity index (χ0) is 21.9. The molecule has 0 atom stereocenters. The third kappa shape index (κ3) is 2.86. The molecule has 7 rings (SSSR count). The number of fused-ring (bicyclic) bond motifs is 6. The van der Waals surface area contributed by atoms with Gasteiger partial charge in [-0.2, -0.15) is 0 Å². The van der Waals surface area contributed by atoms with E-state index >= 15 is 0 Å². The van der Waals surface area contributed by atoms with E-state index in [1.165, 1.54) is 54.8 Å². The van der Waals surface area contributed by atoms with E-state index in [0.29, 0.717) is 0 Å². The van der Waals surface area contributed by atoms with Crippen LogP contribution in [-0.2, 0) is 0 Å². The van der Waals surface area contributed by atoms with Gasteiger partial charge in [-0.15, -0.1) is 0 Å². The summed E-state index contributed by atoms with van der Waals surface area (Å²) in [7, 11) is 0. The number of hydrogen-bond acceptors (Lipinski definition) is 0. The number of aromatic nitrogens is 2. The quantitative estimate of drug-likeness (QED) is 0.244. The van der Waals surface area contributed by atoms with Crippen LogP contribution >= 0.6 is 15.9 Å². The Bertz CT molecular complexity index is 1710. The van der Waals surface area contributed by atoms with E-state index in [1.807, 2.05) is 0 Å². The lowest BCUT2D eigenvalue weighted by Gasteiger charge is -2.10. The van der Waals surface area contributed by atoms with Crippen molar-refractivity contribution in [1.82, 2.24) is 9.97 Å². The summed E-state index contributed by atoms with van der Waals surface area (Å²) in [6.45, 7) is 0. The van der Waals surface area contributed by atoms with Crippen LogP contribution in [0.15, 0.2) is 108 Å². The summed E-state index contributed by atoms with van der Waals surface area (Å²) in [4.78, 5) is 7.30. The lowest BCUT2D eigenvalue weighted by Crippen LogP contribution is -1.86. The number of nitrogens with one attached hydrogen (secondary N) is 2. The third-order valence-electron chi connectivity index (χ3n) is 6.60. The molecule has 0 aliphatic carbocycles. The summed E-state index contributed by atoms with van der Waals surface area (Å²) < 4.78 is 1.07. The maximum absolute atomic E-state index is 3.78. The molecule has 33 heavy (non-hydrogen) atoms. The zero-order valence-corrected chi connectivity index (χ0v) is 19.3. The zero-order valence-electron chi connectivity index (χ0n) is 17.7. The Morgan fingerprint density at radius 2 is 0.909 bits per heavy atom. The third-order valence-corrected chi connectivity index (χ3v) is 7.06. The molecule has 0 spiro atoms. The van der Waals surface area contributed by atoms with Crippen LogP contribution < -0.4 is 0 Å². The maximum atomic E-state index is 3.78. The highest BCUT2D eigenvalue weighted by Crippen LogP contribution is 2.39. The van der Waals surface area contributed by atoms with Gasteiger partial charge in [-0.25, -0.2) is 0 Å². The van der Waals surface area contributed by atoms with Gasteiger partial charge in [0.15, 0.2) is 0 Å². The summed E-state index contributed by atoms with van der Waals surface area (Å²) in [5, 5.41) is 5.02. The first-order valence-electron chi connectivity index (χ1n) is 11.1. The second-order valence-electron chi connectivity index (χ2n) is 8.53. The molecule has 0 saturated carbocycles. The second-order valence-corrected chi connectivity index (χ2v) is 9.44. The predicted molar refractivity (Wildman–Crippen MR) is 144 cm³/mol.